The van der Waals surface area contributed by atoms with Crippen molar-refractivity contribution in [2.45, 2.75) is 32.6 Å². The van der Waals surface area contributed by atoms with Crippen molar-refractivity contribution in [3.8, 4) is 5.75 Å². The Hall–Kier alpha value is -1.02. The third kappa shape index (κ3) is 4.84. The van der Waals surface area contributed by atoms with Gasteiger partial charge in [-0.15, -0.1) is 0 Å². The van der Waals surface area contributed by atoms with Crippen molar-refractivity contribution in [1.82, 2.24) is 0 Å². The lowest BCUT2D eigenvalue weighted by Gasteiger charge is -2.05. The Labute approximate surface area is 92.4 Å². The lowest BCUT2D eigenvalue weighted by molar-refractivity contribution is 0.328. The van der Waals surface area contributed by atoms with Crippen LogP contribution in [0.1, 0.15) is 31.7 Å². The number of hydrogen-bond donors (Lipinski definition) is 1. The summed E-state index contributed by atoms with van der Waals surface area (Å²) >= 11 is 0. The van der Waals surface area contributed by atoms with Crippen LogP contribution >= 0.6 is 0 Å². The minimum atomic E-state index is 0.568. The number of rotatable bonds is 7. The van der Waals surface area contributed by atoms with Crippen molar-refractivity contribution in [1.29, 1.82) is 0 Å². The minimum absolute atomic E-state index is 0.568. The summed E-state index contributed by atoms with van der Waals surface area (Å²) < 4.78 is 5.41. The molecule has 2 N–H and O–H groups in total. The molecule has 0 radical (unpaired) electrons. The monoisotopic (exact) mass is 207 g/mol. The number of hydrogen-bond acceptors (Lipinski definition) is 2. The Morgan fingerprint density at radius 1 is 1.13 bits per heavy atom. The molecule has 0 aliphatic rings. The molecule has 0 saturated heterocycles. The molecular formula is C13H21NO. The molecule has 0 atom stereocenters. The Morgan fingerprint density at radius 3 is 2.47 bits per heavy atom. The van der Waals surface area contributed by atoms with Gasteiger partial charge in [0.25, 0.3) is 0 Å². The molecule has 0 unspecified atom stereocenters. The molecule has 0 fully saturated rings. The smallest absolute Gasteiger partial charge is 0.119 e. The highest BCUT2D eigenvalue weighted by atomic mass is 16.5. The number of unbranched alkanes of at least 4 members (excludes halogenated alkanes) is 2. The summed E-state index contributed by atoms with van der Waals surface area (Å²) in [5.41, 5.74) is 6.75. The topological polar surface area (TPSA) is 35.2 Å². The highest BCUT2D eigenvalue weighted by molar-refractivity contribution is 5.27. The number of aryl methyl sites for hydroxylation is 1. The van der Waals surface area contributed by atoms with Gasteiger partial charge in [0, 0.05) is 6.54 Å². The lowest BCUT2D eigenvalue weighted by Crippen LogP contribution is -2.10. The first-order valence-corrected chi connectivity index (χ1v) is 5.78. The summed E-state index contributed by atoms with van der Waals surface area (Å²) in [7, 11) is 0. The molecule has 1 aromatic rings. The summed E-state index contributed by atoms with van der Waals surface area (Å²) in [6.07, 6.45) is 5.04. The largest absolute Gasteiger partial charge is 0.492 e. The predicted octanol–water partition coefficient (Wildman–Crippen LogP) is 2.76. The van der Waals surface area contributed by atoms with Crippen molar-refractivity contribution in [2.75, 3.05) is 13.2 Å². The maximum absolute atomic E-state index is 5.41. The van der Waals surface area contributed by atoms with Gasteiger partial charge in [-0.05, 0) is 30.5 Å². The Bertz CT molecular complexity index is 256. The van der Waals surface area contributed by atoms with E-state index in [1.807, 2.05) is 12.1 Å². The van der Waals surface area contributed by atoms with Gasteiger partial charge >= 0.3 is 0 Å². The van der Waals surface area contributed by atoms with Crippen molar-refractivity contribution in [2.24, 2.45) is 5.73 Å². The van der Waals surface area contributed by atoms with Gasteiger partial charge in [-0.25, -0.2) is 0 Å². The highest BCUT2D eigenvalue weighted by Gasteiger charge is 1.95. The Kier molecular flexibility index (Phi) is 5.86. The van der Waals surface area contributed by atoms with Gasteiger partial charge in [-0.3, -0.25) is 0 Å². The van der Waals surface area contributed by atoms with Crippen LogP contribution in [0.4, 0.5) is 0 Å². The summed E-state index contributed by atoms with van der Waals surface area (Å²) in [5, 5.41) is 0. The van der Waals surface area contributed by atoms with Crippen molar-refractivity contribution < 1.29 is 4.74 Å². The van der Waals surface area contributed by atoms with E-state index in [9.17, 15) is 0 Å². The third-order valence-corrected chi connectivity index (χ3v) is 2.38. The lowest BCUT2D eigenvalue weighted by atomic mass is 10.1. The molecule has 0 heterocycles. The van der Waals surface area contributed by atoms with Crippen LogP contribution in [0.3, 0.4) is 0 Å². The molecule has 0 spiro atoms. The zero-order valence-electron chi connectivity index (χ0n) is 9.54. The zero-order chi connectivity index (χ0) is 10.9. The molecule has 0 aromatic heterocycles. The van der Waals surface area contributed by atoms with E-state index in [1.54, 1.807) is 0 Å². The van der Waals surface area contributed by atoms with Crippen LogP contribution in [0.25, 0.3) is 0 Å². The first kappa shape index (κ1) is 12.1. The average molecular weight is 207 g/mol. The van der Waals surface area contributed by atoms with E-state index in [0.717, 1.165) is 5.75 Å². The van der Waals surface area contributed by atoms with Gasteiger partial charge in [0.1, 0.15) is 12.4 Å². The molecule has 1 aromatic carbocycles. The number of benzene rings is 1. The molecule has 0 saturated carbocycles. The summed E-state index contributed by atoms with van der Waals surface area (Å²) in [4.78, 5) is 0. The van der Waals surface area contributed by atoms with Crippen molar-refractivity contribution in [3.05, 3.63) is 29.8 Å². The minimum Gasteiger partial charge on any atom is -0.492 e. The highest BCUT2D eigenvalue weighted by Crippen LogP contribution is 2.13. The van der Waals surface area contributed by atoms with E-state index in [-0.39, 0.29) is 0 Å². The molecule has 2 nitrogen and oxygen atoms in total. The van der Waals surface area contributed by atoms with Gasteiger partial charge in [-0.2, -0.15) is 0 Å². The summed E-state index contributed by atoms with van der Waals surface area (Å²) in [6.45, 7) is 3.39. The number of ether oxygens (including phenoxy) is 1. The fourth-order valence-electron chi connectivity index (χ4n) is 1.51. The van der Waals surface area contributed by atoms with Gasteiger partial charge in [0.2, 0.25) is 0 Å². The van der Waals surface area contributed by atoms with Crippen LogP contribution in [-0.2, 0) is 6.42 Å². The van der Waals surface area contributed by atoms with Gasteiger partial charge in [0.15, 0.2) is 0 Å². The maximum atomic E-state index is 5.41. The predicted molar refractivity (Wildman–Crippen MR) is 64.2 cm³/mol. The first-order valence-electron chi connectivity index (χ1n) is 5.78. The van der Waals surface area contributed by atoms with Gasteiger partial charge in [-0.1, -0.05) is 31.9 Å². The van der Waals surface area contributed by atoms with Gasteiger partial charge in [0.05, 0.1) is 0 Å². The SMILES string of the molecule is CCCCCc1ccc(OCCN)cc1. The average Bonchev–Trinajstić information content (AvgIpc) is 2.28. The molecular weight excluding hydrogens is 186 g/mol. The molecule has 0 bridgehead atoms. The second-order valence-electron chi connectivity index (χ2n) is 3.74. The molecule has 15 heavy (non-hydrogen) atoms. The van der Waals surface area contributed by atoms with Crippen LogP contribution in [0.2, 0.25) is 0 Å². The van der Waals surface area contributed by atoms with Crippen molar-refractivity contribution in [3.63, 3.8) is 0 Å². The molecule has 2 heteroatoms. The standard InChI is InChI=1S/C13H21NO/c1-2-3-4-5-12-6-8-13(9-7-12)15-11-10-14/h6-9H,2-5,10-11,14H2,1H3. The molecule has 84 valence electrons. The Morgan fingerprint density at radius 2 is 1.87 bits per heavy atom. The quantitative estimate of drug-likeness (QED) is 0.698. The van der Waals surface area contributed by atoms with Crippen LogP contribution < -0.4 is 10.5 Å². The fraction of sp³-hybridized carbons (Fsp3) is 0.538. The molecule has 0 aliphatic carbocycles. The van der Waals surface area contributed by atoms with Crippen LogP contribution in [0, 0.1) is 0 Å². The maximum Gasteiger partial charge on any atom is 0.119 e. The molecule has 1 rings (SSSR count). The van der Waals surface area contributed by atoms with E-state index < -0.39 is 0 Å². The first-order chi connectivity index (χ1) is 7.36. The van der Waals surface area contributed by atoms with E-state index >= 15 is 0 Å². The van der Waals surface area contributed by atoms with Crippen LogP contribution in [0.15, 0.2) is 24.3 Å². The Balaban J connectivity index is 2.35. The molecule has 0 aliphatic heterocycles. The van der Waals surface area contributed by atoms with Gasteiger partial charge < -0.3 is 10.5 Å². The van der Waals surface area contributed by atoms with E-state index in [0.29, 0.717) is 13.2 Å². The normalized spacial score (nSPS) is 10.3. The summed E-state index contributed by atoms with van der Waals surface area (Å²) in [5.74, 6) is 0.916. The fourth-order valence-corrected chi connectivity index (χ4v) is 1.51. The second-order valence-corrected chi connectivity index (χ2v) is 3.74. The summed E-state index contributed by atoms with van der Waals surface area (Å²) in [6, 6.07) is 8.33. The zero-order valence-corrected chi connectivity index (χ0v) is 9.54. The van der Waals surface area contributed by atoms with Crippen LogP contribution in [0.5, 0.6) is 5.75 Å². The van der Waals surface area contributed by atoms with E-state index in [4.69, 9.17) is 10.5 Å². The second kappa shape index (κ2) is 7.30. The molecule has 0 amide bonds. The van der Waals surface area contributed by atoms with E-state index in [2.05, 4.69) is 19.1 Å². The third-order valence-electron chi connectivity index (χ3n) is 2.38. The van der Waals surface area contributed by atoms with Crippen molar-refractivity contribution >= 4 is 0 Å². The van der Waals surface area contributed by atoms with Crippen LogP contribution in [-0.4, -0.2) is 13.2 Å². The van der Waals surface area contributed by atoms with E-state index in [1.165, 1.54) is 31.2 Å². The number of nitrogens with two attached hydrogens (primary N) is 1.